The first-order valence-electron chi connectivity index (χ1n) is 6.47. The topological polar surface area (TPSA) is 55.0 Å². The van der Waals surface area contributed by atoms with E-state index < -0.39 is 0 Å². The molecule has 106 valence electrons. The summed E-state index contributed by atoms with van der Waals surface area (Å²) in [6.07, 6.45) is 0.648. The van der Waals surface area contributed by atoms with Gasteiger partial charge in [0.2, 0.25) is 0 Å². The second kappa shape index (κ2) is 6.22. The van der Waals surface area contributed by atoms with Crippen LogP contribution < -0.4 is 0 Å². The molecule has 0 aliphatic heterocycles. The third-order valence-corrected chi connectivity index (χ3v) is 3.95. The minimum atomic E-state index is -0.352. The summed E-state index contributed by atoms with van der Waals surface area (Å²) in [4.78, 5) is 19.6. The number of carbonyl (C=O) groups is 1. The van der Waals surface area contributed by atoms with Gasteiger partial charge in [-0.3, -0.25) is 4.79 Å². The fourth-order valence-electron chi connectivity index (χ4n) is 2.18. The van der Waals surface area contributed by atoms with Crippen LogP contribution in [0.3, 0.4) is 0 Å². The zero-order chi connectivity index (χ0) is 14.7. The van der Waals surface area contributed by atoms with Crippen LogP contribution >= 0.6 is 15.9 Å². The van der Waals surface area contributed by atoms with Crippen molar-refractivity contribution in [2.45, 2.75) is 26.2 Å². The number of hydrogen-bond acceptors (Lipinski definition) is 3. The summed E-state index contributed by atoms with van der Waals surface area (Å²) in [5.41, 5.74) is 2.80. The average Bonchev–Trinajstić information content (AvgIpc) is 2.81. The summed E-state index contributed by atoms with van der Waals surface area (Å²) in [7, 11) is 1.40. The number of esters is 1. The second-order valence-electron chi connectivity index (χ2n) is 4.56. The minimum absolute atomic E-state index is 0.264. The van der Waals surface area contributed by atoms with E-state index >= 15 is 0 Å². The first-order valence-corrected chi connectivity index (χ1v) is 7.27. The van der Waals surface area contributed by atoms with Crippen LogP contribution in [0.15, 0.2) is 28.7 Å². The zero-order valence-corrected chi connectivity index (χ0v) is 13.3. The maximum atomic E-state index is 11.8. The van der Waals surface area contributed by atoms with Gasteiger partial charge in [0.1, 0.15) is 11.7 Å². The molecule has 4 nitrogen and oxygen atoms in total. The Morgan fingerprint density at radius 3 is 2.75 bits per heavy atom. The van der Waals surface area contributed by atoms with Gasteiger partial charge in [0.15, 0.2) is 0 Å². The quantitative estimate of drug-likeness (QED) is 0.863. The van der Waals surface area contributed by atoms with Crippen LogP contribution in [-0.4, -0.2) is 23.0 Å². The van der Waals surface area contributed by atoms with Gasteiger partial charge >= 0.3 is 5.97 Å². The number of nitrogens with zero attached hydrogens (tertiary/aromatic N) is 1. The summed E-state index contributed by atoms with van der Waals surface area (Å²) in [5, 5.41) is 0. The number of hydrogen-bond donors (Lipinski definition) is 1. The van der Waals surface area contributed by atoms with Gasteiger partial charge in [-0.1, -0.05) is 41.1 Å². The number of aromatic nitrogens is 2. The second-order valence-corrected chi connectivity index (χ2v) is 5.41. The van der Waals surface area contributed by atoms with Crippen LogP contribution in [0.1, 0.15) is 30.8 Å². The molecule has 1 aromatic carbocycles. The number of ether oxygens (including phenoxy) is 1. The predicted molar refractivity (Wildman–Crippen MR) is 81.5 cm³/mol. The van der Waals surface area contributed by atoms with E-state index in [9.17, 15) is 4.79 Å². The lowest BCUT2D eigenvalue weighted by molar-refractivity contribution is -0.142. The van der Waals surface area contributed by atoms with Crippen LogP contribution in [0.25, 0.3) is 11.3 Å². The lowest BCUT2D eigenvalue weighted by Crippen LogP contribution is -2.14. The van der Waals surface area contributed by atoms with E-state index in [4.69, 9.17) is 4.74 Å². The number of methoxy groups -OCH3 is 1. The largest absolute Gasteiger partial charge is 0.468 e. The van der Waals surface area contributed by atoms with Crippen molar-refractivity contribution >= 4 is 21.9 Å². The summed E-state index contributed by atoms with van der Waals surface area (Å²) in [6, 6.07) is 7.89. The van der Waals surface area contributed by atoms with E-state index in [2.05, 4.69) is 25.9 Å². The Morgan fingerprint density at radius 2 is 2.15 bits per heavy atom. The molecule has 0 bridgehead atoms. The van der Waals surface area contributed by atoms with Crippen molar-refractivity contribution in [2.75, 3.05) is 7.11 Å². The number of imidazole rings is 1. The standard InChI is InChI=1S/C15H17BrN2O2/c1-4-10(15(19)20-3)14-17-9(2)13(18-14)11-7-5-6-8-12(11)16/h5-8,10H,4H2,1-3H3,(H,17,18). The molecule has 0 fully saturated rings. The van der Waals surface area contributed by atoms with Gasteiger partial charge in [-0.25, -0.2) is 4.98 Å². The van der Waals surface area contributed by atoms with E-state index in [1.165, 1.54) is 7.11 Å². The Balaban J connectivity index is 2.44. The highest BCUT2D eigenvalue weighted by Crippen LogP contribution is 2.30. The molecule has 0 amide bonds. The summed E-state index contributed by atoms with van der Waals surface area (Å²) >= 11 is 3.53. The van der Waals surface area contributed by atoms with E-state index in [-0.39, 0.29) is 11.9 Å². The number of rotatable bonds is 4. The Kier molecular flexibility index (Phi) is 4.60. The van der Waals surface area contributed by atoms with E-state index in [1.54, 1.807) is 0 Å². The molecule has 0 aliphatic rings. The molecular formula is C15H17BrN2O2. The molecule has 1 N–H and O–H groups in total. The lowest BCUT2D eigenvalue weighted by Gasteiger charge is -2.08. The van der Waals surface area contributed by atoms with Gasteiger partial charge in [-0.05, 0) is 19.4 Å². The molecular weight excluding hydrogens is 320 g/mol. The average molecular weight is 337 g/mol. The van der Waals surface area contributed by atoms with Crippen molar-refractivity contribution < 1.29 is 9.53 Å². The smallest absolute Gasteiger partial charge is 0.316 e. The normalized spacial score (nSPS) is 12.2. The van der Waals surface area contributed by atoms with Crippen LogP contribution in [0.2, 0.25) is 0 Å². The fourth-order valence-corrected chi connectivity index (χ4v) is 2.65. The number of benzene rings is 1. The minimum Gasteiger partial charge on any atom is -0.468 e. The third-order valence-electron chi connectivity index (χ3n) is 3.26. The number of halogens is 1. The predicted octanol–water partition coefficient (Wildman–Crippen LogP) is 3.81. The molecule has 0 aliphatic carbocycles. The molecule has 0 saturated carbocycles. The first kappa shape index (κ1) is 14.8. The van der Waals surface area contributed by atoms with Gasteiger partial charge in [0.05, 0.1) is 12.8 Å². The van der Waals surface area contributed by atoms with Gasteiger partial charge < -0.3 is 9.72 Å². The maximum Gasteiger partial charge on any atom is 0.316 e. The number of carbonyl (C=O) groups excluding carboxylic acids is 1. The highest BCUT2D eigenvalue weighted by Gasteiger charge is 2.24. The van der Waals surface area contributed by atoms with Crippen LogP contribution in [0.4, 0.5) is 0 Å². The van der Waals surface area contributed by atoms with E-state index in [1.807, 2.05) is 38.1 Å². The highest BCUT2D eigenvalue weighted by molar-refractivity contribution is 9.10. The summed E-state index contributed by atoms with van der Waals surface area (Å²) in [6.45, 7) is 3.90. The van der Waals surface area contributed by atoms with Crippen LogP contribution in [0, 0.1) is 6.92 Å². The zero-order valence-electron chi connectivity index (χ0n) is 11.7. The molecule has 1 atom stereocenters. The van der Waals surface area contributed by atoms with Gasteiger partial charge in [0, 0.05) is 15.7 Å². The number of aromatic amines is 1. The Labute approximate surface area is 126 Å². The monoisotopic (exact) mass is 336 g/mol. The molecule has 1 unspecified atom stereocenters. The van der Waals surface area contributed by atoms with Crippen molar-refractivity contribution in [3.05, 3.63) is 40.3 Å². The number of nitrogens with one attached hydrogen (secondary N) is 1. The number of aryl methyl sites for hydroxylation is 1. The Bertz CT molecular complexity index is 622. The van der Waals surface area contributed by atoms with Crippen molar-refractivity contribution in [3.63, 3.8) is 0 Å². The summed E-state index contributed by atoms with van der Waals surface area (Å²) in [5.74, 6) is 0.0393. The molecule has 2 aromatic rings. The summed E-state index contributed by atoms with van der Waals surface area (Å²) < 4.78 is 5.81. The molecule has 20 heavy (non-hydrogen) atoms. The van der Waals surface area contributed by atoms with E-state index in [0.717, 1.165) is 21.4 Å². The third kappa shape index (κ3) is 2.77. The van der Waals surface area contributed by atoms with Crippen LogP contribution in [0.5, 0.6) is 0 Å². The number of H-pyrrole nitrogens is 1. The van der Waals surface area contributed by atoms with Gasteiger partial charge in [-0.2, -0.15) is 0 Å². The Hall–Kier alpha value is -1.62. The Morgan fingerprint density at radius 1 is 1.45 bits per heavy atom. The van der Waals surface area contributed by atoms with Crippen molar-refractivity contribution in [2.24, 2.45) is 0 Å². The van der Waals surface area contributed by atoms with Crippen molar-refractivity contribution in [1.82, 2.24) is 9.97 Å². The van der Waals surface area contributed by atoms with Gasteiger partial charge in [-0.15, -0.1) is 0 Å². The molecule has 1 heterocycles. The molecule has 5 heteroatoms. The van der Waals surface area contributed by atoms with Crippen LogP contribution in [-0.2, 0) is 9.53 Å². The highest BCUT2D eigenvalue weighted by atomic mass is 79.9. The molecule has 0 saturated heterocycles. The van der Waals surface area contributed by atoms with Crippen molar-refractivity contribution in [3.8, 4) is 11.3 Å². The molecule has 0 radical (unpaired) electrons. The molecule has 1 aromatic heterocycles. The van der Waals surface area contributed by atoms with Crippen molar-refractivity contribution in [1.29, 1.82) is 0 Å². The molecule has 0 spiro atoms. The molecule has 2 rings (SSSR count). The first-order chi connectivity index (χ1) is 9.58. The van der Waals surface area contributed by atoms with E-state index in [0.29, 0.717) is 12.2 Å². The lowest BCUT2D eigenvalue weighted by atomic mass is 10.1. The fraction of sp³-hybridized carbons (Fsp3) is 0.333. The maximum absolute atomic E-state index is 11.8. The SMILES string of the molecule is CCC(C(=O)OC)c1nc(-c2ccccc2Br)c(C)[nH]1. The van der Waals surface area contributed by atoms with Gasteiger partial charge in [0.25, 0.3) is 0 Å².